The largest absolute Gasteiger partial charge is 0.464 e. The predicted octanol–water partition coefficient (Wildman–Crippen LogP) is 4.97. The van der Waals surface area contributed by atoms with E-state index in [0.29, 0.717) is 19.4 Å². The molecule has 1 amide bonds. The average Bonchev–Trinajstić information content (AvgIpc) is 2.68. The highest BCUT2D eigenvalue weighted by molar-refractivity contribution is 5.84. The van der Waals surface area contributed by atoms with Gasteiger partial charge in [0.15, 0.2) is 0 Å². The molecule has 1 aromatic carbocycles. The Balaban J connectivity index is 2.02. The molecule has 4 heteroatoms. The van der Waals surface area contributed by atoms with Crippen LogP contribution in [0.1, 0.15) is 70.3 Å². The fraction of sp³-hybridized carbons (Fsp3) is 0.565. The van der Waals surface area contributed by atoms with Gasteiger partial charge in [0.1, 0.15) is 6.04 Å². The summed E-state index contributed by atoms with van der Waals surface area (Å²) in [6, 6.07) is 9.25. The normalized spacial score (nSPS) is 11.6. The molecule has 1 rings (SSSR count). The van der Waals surface area contributed by atoms with E-state index < -0.39 is 6.04 Å². The van der Waals surface area contributed by atoms with E-state index in [1.54, 1.807) is 6.92 Å². The van der Waals surface area contributed by atoms with Crippen LogP contribution in [0.2, 0.25) is 0 Å². The topological polar surface area (TPSA) is 55.4 Å². The predicted molar refractivity (Wildman–Crippen MR) is 110 cm³/mol. The molecule has 0 aliphatic heterocycles. The standard InChI is InChI=1S/C23H35NO3/c1-3-4-5-6-7-8-9-10-14-19-27-23(26)20(2)24-22(25)18-17-21-15-12-11-13-16-21/h3,11-13,15-16,20H,1,4-10,14,17-19H2,2H3,(H,24,25)/t20-/m0/s1. The lowest BCUT2D eigenvalue weighted by Gasteiger charge is -2.13. The summed E-state index contributed by atoms with van der Waals surface area (Å²) in [6.45, 7) is 5.83. The number of carbonyl (C=O) groups excluding carboxylic acids is 2. The van der Waals surface area contributed by atoms with E-state index in [4.69, 9.17) is 4.74 Å². The number of benzene rings is 1. The first-order valence-electron chi connectivity index (χ1n) is 10.2. The van der Waals surface area contributed by atoms with Gasteiger partial charge in [0, 0.05) is 6.42 Å². The number of nitrogens with one attached hydrogen (secondary N) is 1. The van der Waals surface area contributed by atoms with Crippen molar-refractivity contribution in [2.24, 2.45) is 0 Å². The van der Waals surface area contributed by atoms with Crippen LogP contribution in [-0.2, 0) is 20.7 Å². The van der Waals surface area contributed by atoms with E-state index in [2.05, 4.69) is 11.9 Å². The minimum atomic E-state index is -0.599. The van der Waals surface area contributed by atoms with Crippen LogP contribution in [0.25, 0.3) is 0 Å². The Bertz CT molecular complexity index is 542. The van der Waals surface area contributed by atoms with Gasteiger partial charge in [-0.3, -0.25) is 4.79 Å². The number of allylic oxidation sites excluding steroid dienone is 1. The molecule has 0 spiro atoms. The van der Waals surface area contributed by atoms with Crippen LogP contribution in [0.3, 0.4) is 0 Å². The molecule has 0 radical (unpaired) electrons. The van der Waals surface area contributed by atoms with Crippen molar-refractivity contribution in [3.63, 3.8) is 0 Å². The Morgan fingerprint density at radius 2 is 1.67 bits per heavy atom. The molecule has 1 N–H and O–H groups in total. The Hall–Kier alpha value is -2.10. The molecule has 0 saturated carbocycles. The van der Waals surface area contributed by atoms with Gasteiger partial charge in [-0.2, -0.15) is 0 Å². The molecular formula is C23H35NO3. The number of rotatable bonds is 15. The molecule has 0 fully saturated rings. The van der Waals surface area contributed by atoms with Crippen LogP contribution >= 0.6 is 0 Å². The van der Waals surface area contributed by atoms with Crippen molar-refractivity contribution in [2.75, 3.05) is 6.61 Å². The third kappa shape index (κ3) is 12.0. The highest BCUT2D eigenvalue weighted by atomic mass is 16.5. The molecule has 0 saturated heterocycles. The van der Waals surface area contributed by atoms with E-state index in [1.165, 1.54) is 32.1 Å². The maximum Gasteiger partial charge on any atom is 0.328 e. The lowest BCUT2D eigenvalue weighted by molar-refractivity contribution is -0.147. The van der Waals surface area contributed by atoms with Crippen molar-refractivity contribution in [3.05, 3.63) is 48.6 Å². The third-order valence-corrected chi connectivity index (χ3v) is 4.51. The highest BCUT2D eigenvalue weighted by Crippen LogP contribution is 2.09. The third-order valence-electron chi connectivity index (χ3n) is 4.51. The molecule has 0 heterocycles. The first kappa shape index (κ1) is 22.9. The first-order chi connectivity index (χ1) is 13.1. The fourth-order valence-corrected chi connectivity index (χ4v) is 2.85. The molecule has 0 bridgehead atoms. The summed E-state index contributed by atoms with van der Waals surface area (Å²) in [6.07, 6.45) is 12.3. The average molecular weight is 374 g/mol. The van der Waals surface area contributed by atoms with Crippen molar-refractivity contribution in [1.82, 2.24) is 5.32 Å². The molecule has 150 valence electrons. The van der Waals surface area contributed by atoms with Gasteiger partial charge in [0.25, 0.3) is 0 Å². The van der Waals surface area contributed by atoms with Crippen LogP contribution in [0.15, 0.2) is 43.0 Å². The van der Waals surface area contributed by atoms with Gasteiger partial charge in [-0.15, -0.1) is 6.58 Å². The van der Waals surface area contributed by atoms with Crippen molar-refractivity contribution in [1.29, 1.82) is 0 Å². The second kappa shape index (κ2) is 15.0. The van der Waals surface area contributed by atoms with Crippen molar-refractivity contribution in [3.8, 4) is 0 Å². The van der Waals surface area contributed by atoms with Crippen molar-refractivity contribution >= 4 is 11.9 Å². The van der Waals surface area contributed by atoms with E-state index in [9.17, 15) is 9.59 Å². The van der Waals surface area contributed by atoms with Crippen LogP contribution < -0.4 is 5.32 Å². The molecule has 27 heavy (non-hydrogen) atoms. The minimum absolute atomic E-state index is 0.125. The summed E-state index contributed by atoms with van der Waals surface area (Å²) < 4.78 is 5.26. The maximum atomic E-state index is 11.9. The summed E-state index contributed by atoms with van der Waals surface area (Å²) in [7, 11) is 0. The van der Waals surface area contributed by atoms with E-state index in [1.807, 2.05) is 36.4 Å². The summed E-state index contributed by atoms with van der Waals surface area (Å²) in [4.78, 5) is 23.9. The van der Waals surface area contributed by atoms with Gasteiger partial charge in [0.2, 0.25) is 5.91 Å². The van der Waals surface area contributed by atoms with Gasteiger partial charge >= 0.3 is 5.97 Å². The molecule has 0 unspecified atom stereocenters. The number of amides is 1. The number of unbranched alkanes of at least 4 members (excludes halogenated alkanes) is 7. The molecule has 0 aliphatic carbocycles. The van der Waals surface area contributed by atoms with Crippen molar-refractivity contribution in [2.45, 2.75) is 77.2 Å². The summed E-state index contributed by atoms with van der Waals surface area (Å²) in [5.41, 5.74) is 1.11. The molecular weight excluding hydrogens is 338 g/mol. The summed E-state index contributed by atoms with van der Waals surface area (Å²) in [5.74, 6) is -0.479. The highest BCUT2D eigenvalue weighted by Gasteiger charge is 2.16. The molecule has 0 aromatic heterocycles. The van der Waals surface area contributed by atoms with Crippen LogP contribution in [0, 0.1) is 0 Å². The Morgan fingerprint density at radius 1 is 1.04 bits per heavy atom. The van der Waals surface area contributed by atoms with E-state index in [-0.39, 0.29) is 11.9 Å². The molecule has 1 aromatic rings. The Morgan fingerprint density at radius 3 is 2.33 bits per heavy atom. The van der Waals surface area contributed by atoms with Crippen molar-refractivity contribution < 1.29 is 14.3 Å². The summed E-state index contributed by atoms with van der Waals surface area (Å²) in [5, 5.41) is 2.71. The lowest BCUT2D eigenvalue weighted by Crippen LogP contribution is -2.39. The smallest absolute Gasteiger partial charge is 0.328 e. The number of hydrogen-bond donors (Lipinski definition) is 1. The number of carbonyl (C=O) groups is 2. The quantitative estimate of drug-likeness (QED) is 0.268. The fourth-order valence-electron chi connectivity index (χ4n) is 2.85. The van der Waals surface area contributed by atoms with E-state index >= 15 is 0 Å². The summed E-state index contributed by atoms with van der Waals surface area (Å²) >= 11 is 0. The second-order valence-corrected chi connectivity index (χ2v) is 6.99. The van der Waals surface area contributed by atoms with Gasteiger partial charge in [0.05, 0.1) is 6.61 Å². The number of aryl methyl sites for hydroxylation is 1. The number of hydrogen-bond acceptors (Lipinski definition) is 3. The number of ether oxygens (including phenoxy) is 1. The molecule has 1 atom stereocenters. The molecule has 0 aliphatic rings. The van der Waals surface area contributed by atoms with Gasteiger partial charge < -0.3 is 10.1 Å². The molecule has 4 nitrogen and oxygen atoms in total. The zero-order valence-corrected chi connectivity index (χ0v) is 16.8. The van der Waals surface area contributed by atoms with Crippen LogP contribution in [-0.4, -0.2) is 24.5 Å². The Kier molecular flexibility index (Phi) is 12.7. The van der Waals surface area contributed by atoms with Crippen LogP contribution in [0.5, 0.6) is 0 Å². The monoisotopic (exact) mass is 373 g/mol. The zero-order chi connectivity index (χ0) is 19.7. The zero-order valence-electron chi connectivity index (χ0n) is 16.8. The van der Waals surface area contributed by atoms with Gasteiger partial charge in [-0.05, 0) is 38.2 Å². The Labute approximate surface area is 164 Å². The minimum Gasteiger partial charge on any atom is -0.464 e. The van der Waals surface area contributed by atoms with Gasteiger partial charge in [-0.25, -0.2) is 4.79 Å². The second-order valence-electron chi connectivity index (χ2n) is 6.99. The first-order valence-corrected chi connectivity index (χ1v) is 10.2. The van der Waals surface area contributed by atoms with Crippen LogP contribution in [0.4, 0.5) is 0 Å². The maximum absolute atomic E-state index is 11.9. The lowest BCUT2D eigenvalue weighted by atomic mass is 10.1. The van der Waals surface area contributed by atoms with Gasteiger partial charge in [-0.1, -0.05) is 68.5 Å². The van der Waals surface area contributed by atoms with E-state index in [0.717, 1.165) is 24.8 Å². The number of esters is 1. The SMILES string of the molecule is C=CCCCCCCCCCOC(=O)[C@H](C)NC(=O)CCc1ccccc1.